The van der Waals surface area contributed by atoms with Crippen LogP contribution in [-0.4, -0.2) is 60.1 Å². The van der Waals surface area contributed by atoms with Crippen molar-refractivity contribution in [1.29, 1.82) is 0 Å². The van der Waals surface area contributed by atoms with Crippen molar-refractivity contribution in [1.82, 2.24) is 9.88 Å². The van der Waals surface area contributed by atoms with Crippen molar-refractivity contribution in [2.24, 2.45) is 0 Å². The number of non-ortho nitro benzene ring substituents is 1. The quantitative estimate of drug-likeness (QED) is 0.234. The number of benzene rings is 2. The van der Waals surface area contributed by atoms with Crippen LogP contribution >= 0.6 is 22.7 Å². The number of rotatable bonds is 8. The Bertz CT molecular complexity index is 1380. The Morgan fingerprint density at radius 3 is 2.74 bits per heavy atom. The number of thiophene rings is 1. The first kappa shape index (κ1) is 23.8. The van der Waals surface area contributed by atoms with Crippen LogP contribution in [0, 0.1) is 10.1 Å². The first-order valence-corrected chi connectivity index (χ1v) is 13.3. The van der Waals surface area contributed by atoms with Crippen LogP contribution in [0.5, 0.6) is 0 Å². The van der Waals surface area contributed by atoms with E-state index in [0.29, 0.717) is 21.9 Å². The van der Waals surface area contributed by atoms with E-state index in [2.05, 4.69) is 24.0 Å². The lowest BCUT2D eigenvalue weighted by Gasteiger charge is -2.27. The van der Waals surface area contributed by atoms with E-state index in [1.165, 1.54) is 40.4 Å². The predicted octanol–water partition coefficient (Wildman–Crippen LogP) is 5.35. The van der Waals surface area contributed by atoms with Crippen LogP contribution in [0.2, 0.25) is 0 Å². The number of morpholine rings is 1. The van der Waals surface area contributed by atoms with Crippen LogP contribution in [0.25, 0.3) is 20.3 Å². The Hall–Kier alpha value is -2.92. The molecule has 0 atom stereocenters. The Morgan fingerprint density at radius 2 is 1.97 bits per heavy atom. The first-order chi connectivity index (χ1) is 17.0. The van der Waals surface area contributed by atoms with Crippen LogP contribution in [0.3, 0.4) is 0 Å². The number of ether oxygens (including phenoxy) is 1. The highest BCUT2D eigenvalue weighted by Gasteiger charge is 2.24. The van der Waals surface area contributed by atoms with E-state index in [-0.39, 0.29) is 11.6 Å². The molecule has 1 saturated heterocycles. The lowest BCUT2D eigenvalue weighted by molar-refractivity contribution is -0.384. The molecule has 0 bridgehead atoms. The Kier molecular flexibility index (Phi) is 7.05. The standard InChI is InChI=1S/C25H26N4O4S2/c1-2-17-4-6-20-22(14-17)35-25(26-20)28(9-3-8-27-10-12-33-13-11-27)24(30)23-16-18-15-19(29(31)32)5-7-21(18)34-23/h4-7,14-16H,2-3,8-13H2,1H3. The van der Waals surface area contributed by atoms with E-state index >= 15 is 0 Å². The van der Waals surface area contributed by atoms with E-state index in [4.69, 9.17) is 9.72 Å². The molecule has 182 valence electrons. The predicted molar refractivity (Wildman–Crippen MR) is 141 cm³/mol. The number of hydrogen-bond acceptors (Lipinski definition) is 8. The van der Waals surface area contributed by atoms with Gasteiger partial charge in [-0.3, -0.25) is 24.7 Å². The lowest BCUT2D eigenvalue weighted by atomic mass is 10.2. The second kappa shape index (κ2) is 10.4. The van der Waals surface area contributed by atoms with E-state index in [0.717, 1.165) is 60.6 Å². The molecule has 1 aliphatic heterocycles. The number of amides is 1. The molecule has 0 N–H and O–H groups in total. The summed E-state index contributed by atoms with van der Waals surface area (Å²) in [6, 6.07) is 12.7. The normalized spacial score (nSPS) is 14.5. The molecule has 35 heavy (non-hydrogen) atoms. The van der Waals surface area contributed by atoms with Crippen molar-refractivity contribution >= 4 is 59.7 Å². The molecule has 0 saturated carbocycles. The smallest absolute Gasteiger partial charge is 0.270 e. The van der Waals surface area contributed by atoms with Crippen molar-refractivity contribution in [3.8, 4) is 0 Å². The average molecular weight is 511 g/mol. The van der Waals surface area contributed by atoms with Gasteiger partial charge in [0.2, 0.25) is 0 Å². The Labute approximate surface area is 210 Å². The maximum atomic E-state index is 13.8. The number of nitro groups is 1. The average Bonchev–Trinajstić information content (AvgIpc) is 3.50. The highest BCUT2D eigenvalue weighted by atomic mass is 32.1. The number of hydrogen-bond donors (Lipinski definition) is 0. The van der Waals surface area contributed by atoms with Crippen molar-refractivity contribution < 1.29 is 14.5 Å². The summed E-state index contributed by atoms with van der Waals surface area (Å²) in [4.78, 5) is 34.0. The number of aryl methyl sites for hydroxylation is 1. The maximum Gasteiger partial charge on any atom is 0.270 e. The van der Waals surface area contributed by atoms with Gasteiger partial charge < -0.3 is 4.74 Å². The van der Waals surface area contributed by atoms with Gasteiger partial charge >= 0.3 is 0 Å². The van der Waals surface area contributed by atoms with Gasteiger partial charge in [0.05, 0.1) is 33.2 Å². The minimum absolute atomic E-state index is 0.0227. The van der Waals surface area contributed by atoms with Gasteiger partial charge in [0.1, 0.15) is 0 Å². The highest BCUT2D eigenvalue weighted by molar-refractivity contribution is 7.23. The number of anilines is 1. The van der Waals surface area contributed by atoms with E-state index in [1.54, 1.807) is 17.0 Å². The molecule has 3 heterocycles. The van der Waals surface area contributed by atoms with Gasteiger partial charge in [-0.1, -0.05) is 24.3 Å². The molecule has 0 radical (unpaired) electrons. The molecule has 1 amide bonds. The van der Waals surface area contributed by atoms with Gasteiger partial charge in [0, 0.05) is 48.4 Å². The number of aromatic nitrogens is 1. The third kappa shape index (κ3) is 5.20. The fourth-order valence-electron chi connectivity index (χ4n) is 4.24. The fraction of sp³-hybridized carbons (Fsp3) is 0.360. The minimum atomic E-state index is -0.414. The van der Waals surface area contributed by atoms with E-state index < -0.39 is 4.92 Å². The number of carbonyl (C=O) groups is 1. The summed E-state index contributed by atoms with van der Waals surface area (Å²) < 4.78 is 7.36. The van der Waals surface area contributed by atoms with Crippen molar-refractivity contribution in [2.45, 2.75) is 19.8 Å². The molecule has 1 fully saturated rings. The largest absolute Gasteiger partial charge is 0.379 e. The molecule has 0 aliphatic carbocycles. The topological polar surface area (TPSA) is 88.8 Å². The fourth-order valence-corrected chi connectivity index (χ4v) is 6.28. The number of carbonyl (C=O) groups excluding carboxylic acids is 1. The molecular weight excluding hydrogens is 484 g/mol. The van der Waals surface area contributed by atoms with E-state index in [1.807, 2.05) is 6.07 Å². The van der Waals surface area contributed by atoms with Gasteiger partial charge in [0.25, 0.3) is 11.6 Å². The maximum absolute atomic E-state index is 13.8. The van der Waals surface area contributed by atoms with Crippen LogP contribution in [0.15, 0.2) is 42.5 Å². The third-order valence-electron chi connectivity index (χ3n) is 6.21. The third-order valence-corrected chi connectivity index (χ3v) is 8.35. The molecule has 4 aromatic rings. The lowest BCUT2D eigenvalue weighted by Crippen LogP contribution is -2.39. The van der Waals surface area contributed by atoms with Crippen LogP contribution in [0.1, 0.15) is 28.6 Å². The van der Waals surface area contributed by atoms with Crippen molar-refractivity contribution in [3.63, 3.8) is 0 Å². The second-order valence-corrected chi connectivity index (χ2v) is 10.6. The molecule has 2 aromatic carbocycles. The van der Waals surface area contributed by atoms with Gasteiger partial charge in [-0.2, -0.15) is 0 Å². The van der Waals surface area contributed by atoms with Crippen LogP contribution in [-0.2, 0) is 11.2 Å². The summed E-state index contributed by atoms with van der Waals surface area (Å²) in [5.41, 5.74) is 2.15. The molecule has 0 unspecified atom stereocenters. The molecule has 10 heteroatoms. The summed E-state index contributed by atoms with van der Waals surface area (Å²) in [5, 5.41) is 12.6. The highest BCUT2D eigenvalue weighted by Crippen LogP contribution is 2.34. The zero-order valence-corrected chi connectivity index (χ0v) is 21.1. The van der Waals surface area contributed by atoms with Crippen LogP contribution in [0.4, 0.5) is 10.8 Å². The first-order valence-electron chi connectivity index (χ1n) is 11.7. The molecule has 8 nitrogen and oxygen atoms in total. The number of nitro benzene ring substituents is 1. The summed E-state index contributed by atoms with van der Waals surface area (Å²) in [6.07, 6.45) is 1.76. The second-order valence-electron chi connectivity index (χ2n) is 8.51. The number of nitrogens with zero attached hydrogens (tertiary/aromatic N) is 4. The number of thiazole rings is 1. The molecule has 0 spiro atoms. The van der Waals surface area contributed by atoms with Crippen molar-refractivity contribution in [2.75, 3.05) is 44.3 Å². The molecule has 5 rings (SSSR count). The van der Waals surface area contributed by atoms with E-state index in [9.17, 15) is 14.9 Å². The van der Waals surface area contributed by atoms with Crippen LogP contribution < -0.4 is 4.90 Å². The summed E-state index contributed by atoms with van der Waals surface area (Å²) >= 11 is 2.89. The Morgan fingerprint density at radius 1 is 1.14 bits per heavy atom. The summed E-state index contributed by atoms with van der Waals surface area (Å²) in [7, 11) is 0. The van der Waals surface area contributed by atoms with Gasteiger partial charge in [0.15, 0.2) is 5.13 Å². The molecular formula is C25H26N4O4S2. The van der Waals surface area contributed by atoms with Crippen molar-refractivity contribution in [3.05, 3.63) is 63.0 Å². The zero-order chi connectivity index (χ0) is 24.4. The monoisotopic (exact) mass is 510 g/mol. The number of fused-ring (bicyclic) bond motifs is 2. The minimum Gasteiger partial charge on any atom is -0.379 e. The van der Waals surface area contributed by atoms with Gasteiger partial charge in [-0.05, 0) is 42.7 Å². The zero-order valence-electron chi connectivity index (χ0n) is 19.4. The SMILES string of the molecule is CCc1ccc2nc(N(CCCN3CCOCC3)C(=O)c3cc4cc([N+](=O)[O-])ccc4s3)sc2c1. The molecule has 2 aromatic heterocycles. The summed E-state index contributed by atoms with van der Waals surface area (Å²) in [6.45, 7) is 6.86. The Balaban J connectivity index is 1.44. The molecule has 1 aliphatic rings. The summed E-state index contributed by atoms with van der Waals surface area (Å²) in [5.74, 6) is -0.120. The van der Waals surface area contributed by atoms with Gasteiger partial charge in [-0.15, -0.1) is 11.3 Å². The van der Waals surface area contributed by atoms with Gasteiger partial charge in [-0.25, -0.2) is 4.98 Å².